The number of nitrogens with one attached hydrogen (secondary N) is 2. The van der Waals surface area contributed by atoms with Crippen molar-refractivity contribution in [3.63, 3.8) is 0 Å². The lowest BCUT2D eigenvalue weighted by atomic mass is 10.1. The summed E-state index contributed by atoms with van der Waals surface area (Å²) in [5.41, 5.74) is 1.54. The van der Waals surface area contributed by atoms with Gasteiger partial charge in [0.05, 0.1) is 18.6 Å². The monoisotopic (exact) mass is 406 g/mol. The quantitative estimate of drug-likeness (QED) is 0.585. The molecule has 0 saturated carbocycles. The van der Waals surface area contributed by atoms with E-state index < -0.39 is 22.0 Å². The number of amides is 1. The Morgan fingerprint density at radius 2 is 1.82 bits per heavy atom. The molecule has 0 aliphatic heterocycles. The van der Waals surface area contributed by atoms with Crippen molar-refractivity contribution in [3.05, 3.63) is 59.7 Å². The number of carbonyl (C=O) groups is 1. The van der Waals surface area contributed by atoms with Crippen molar-refractivity contribution >= 4 is 15.9 Å². The van der Waals surface area contributed by atoms with Gasteiger partial charge in [-0.2, -0.15) is 4.72 Å². The molecule has 152 valence electrons. The van der Waals surface area contributed by atoms with Crippen molar-refractivity contribution in [1.82, 2.24) is 10.0 Å². The average molecular weight is 407 g/mol. The molecule has 2 aromatic rings. The van der Waals surface area contributed by atoms with Crippen molar-refractivity contribution in [3.8, 4) is 5.75 Å². The number of rotatable bonds is 10. The largest absolute Gasteiger partial charge is 0.496 e. The van der Waals surface area contributed by atoms with Crippen LogP contribution < -0.4 is 14.8 Å². The van der Waals surface area contributed by atoms with Crippen LogP contribution in [-0.2, 0) is 26.0 Å². The van der Waals surface area contributed by atoms with Crippen LogP contribution in [0.15, 0.2) is 53.4 Å². The summed E-state index contributed by atoms with van der Waals surface area (Å²) in [6.07, 6.45) is 0.230. The van der Waals surface area contributed by atoms with Crippen LogP contribution in [0.3, 0.4) is 0 Å². The molecule has 0 bridgehead atoms. The Kier molecular flexibility index (Phi) is 7.98. The van der Waals surface area contributed by atoms with Crippen molar-refractivity contribution in [2.45, 2.75) is 24.3 Å². The fourth-order valence-electron chi connectivity index (χ4n) is 2.71. The molecule has 0 unspecified atom stereocenters. The van der Waals surface area contributed by atoms with Crippen molar-refractivity contribution < 1.29 is 22.7 Å². The molecule has 1 atom stereocenters. The van der Waals surface area contributed by atoms with E-state index in [9.17, 15) is 13.2 Å². The Morgan fingerprint density at radius 3 is 2.43 bits per heavy atom. The predicted molar refractivity (Wildman–Crippen MR) is 107 cm³/mol. The predicted octanol–water partition coefficient (Wildman–Crippen LogP) is 1.66. The maximum atomic E-state index is 12.9. The maximum absolute atomic E-state index is 12.9. The number of sulfonamides is 1. The van der Waals surface area contributed by atoms with E-state index in [4.69, 9.17) is 9.47 Å². The Bertz CT molecular complexity index is 885. The van der Waals surface area contributed by atoms with E-state index in [2.05, 4.69) is 10.0 Å². The summed E-state index contributed by atoms with van der Waals surface area (Å²) in [4.78, 5) is 12.7. The summed E-state index contributed by atoms with van der Waals surface area (Å²) >= 11 is 0. The number of hydrogen-bond acceptors (Lipinski definition) is 5. The molecule has 0 aromatic heterocycles. The van der Waals surface area contributed by atoms with Crippen LogP contribution in [0.25, 0.3) is 0 Å². The van der Waals surface area contributed by atoms with Crippen LogP contribution in [0, 0.1) is 6.92 Å². The molecular weight excluding hydrogens is 380 g/mol. The first kappa shape index (κ1) is 21.9. The first-order valence-corrected chi connectivity index (χ1v) is 10.3. The number of methoxy groups -OCH3 is 2. The summed E-state index contributed by atoms with van der Waals surface area (Å²) in [6, 6.07) is 12.9. The molecule has 8 heteroatoms. The molecule has 0 saturated heterocycles. The van der Waals surface area contributed by atoms with Gasteiger partial charge in [0, 0.05) is 13.7 Å². The van der Waals surface area contributed by atoms with E-state index in [1.54, 1.807) is 13.0 Å². The molecule has 0 aliphatic rings. The van der Waals surface area contributed by atoms with E-state index in [-0.39, 0.29) is 11.3 Å². The van der Waals surface area contributed by atoms with Gasteiger partial charge in [-0.05, 0) is 42.7 Å². The molecular formula is C20H26N2O5S. The van der Waals surface area contributed by atoms with Gasteiger partial charge in [0.15, 0.2) is 0 Å². The molecule has 7 nitrogen and oxygen atoms in total. The number of aryl methyl sites for hydroxylation is 1. The minimum atomic E-state index is -3.90. The third kappa shape index (κ3) is 6.05. The highest BCUT2D eigenvalue weighted by Crippen LogP contribution is 2.21. The molecule has 0 fully saturated rings. The van der Waals surface area contributed by atoms with Gasteiger partial charge in [0.2, 0.25) is 15.9 Å². The van der Waals surface area contributed by atoms with Gasteiger partial charge in [-0.15, -0.1) is 0 Å². The Hall–Kier alpha value is -2.42. The zero-order chi connectivity index (χ0) is 20.6. The first-order chi connectivity index (χ1) is 13.4. The zero-order valence-corrected chi connectivity index (χ0v) is 17.1. The number of carbonyl (C=O) groups excluding carboxylic acids is 1. The highest BCUT2D eigenvalue weighted by Gasteiger charge is 2.26. The number of benzene rings is 2. The lowest BCUT2D eigenvalue weighted by Gasteiger charge is -2.19. The zero-order valence-electron chi connectivity index (χ0n) is 16.3. The smallest absolute Gasteiger partial charge is 0.241 e. The fourth-order valence-corrected chi connectivity index (χ4v) is 3.99. The topological polar surface area (TPSA) is 93.7 Å². The molecule has 2 N–H and O–H groups in total. The fraction of sp³-hybridized carbons (Fsp3) is 0.350. The molecule has 28 heavy (non-hydrogen) atoms. The van der Waals surface area contributed by atoms with Crippen molar-refractivity contribution in [2.75, 3.05) is 27.4 Å². The molecule has 0 heterocycles. The highest BCUT2D eigenvalue weighted by atomic mass is 32.2. The van der Waals surface area contributed by atoms with Crippen LogP contribution in [-0.4, -0.2) is 47.7 Å². The second kappa shape index (κ2) is 10.2. The molecule has 0 aliphatic carbocycles. The Morgan fingerprint density at radius 1 is 1.11 bits per heavy atom. The van der Waals surface area contributed by atoms with Crippen LogP contribution in [0.1, 0.15) is 11.1 Å². The maximum Gasteiger partial charge on any atom is 0.241 e. The lowest BCUT2D eigenvalue weighted by Crippen LogP contribution is -2.48. The van der Waals surface area contributed by atoms with Crippen LogP contribution in [0.4, 0.5) is 0 Å². The second-order valence-electron chi connectivity index (χ2n) is 6.28. The summed E-state index contributed by atoms with van der Waals surface area (Å²) < 4.78 is 38.4. The van der Waals surface area contributed by atoms with Gasteiger partial charge >= 0.3 is 0 Å². The summed E-state index contributed by atoms with van der Waals surface area (Å²) in [7, 11) is -0.847. The van der Waals surface area contributed by atoms with Crippen molar-refractivity contribution in [2.24, 2.45) is 0 Å². The second-order valence-corrected chi connectivity index (χ2v) is 7.99. The Balaban J connectivity index is 2.24. The highest BCUT2D eigenvalue weighted by molar-refractivity contribution is 7.89. The Labute approximate surface area is 166 Å². The number of hydrogen-bond donors (Lipinski definition) is 2. The standard InChI is InChI=1S/C20H26N2O5S/c1-15-13-17(9-10-19(15)27-3)28(24,25)22-18(20(23)21-11-12-26-2)14-16-7-5-4-6-8-16/h4-10,13,18,22H,11-12,14H2,1-3H3,(H,21,23)/t18-/m1/s1. The lowest BCUT2D eigenvalue weighted by molar-refractivity contribution is -0.122. The van der Waals surface area contributed by atoms with E-state index in [1.165, 1.54) is 26.4 Å². The van der Waals surface area contributed by atoms with Gasteiger partial charge in [-0.1, -0.05) is 30.3 Å². The third-order valence-electron chi connectivity index (χ3n) is 4.18. The van der Waals surface area contributed by atoms with Crippen molar-refractivity contribution in [1.29, 1.82) is 0 Å². The van der Waals surface area contributed by atoms with Gasteiger partial charge < -0.3 is 14.8 Å². The summed E-state index contributed by atoms with van der Waals surface area (Å²) in [5, 5.41) is 2.70. The van der Waals surface area contributed by atoms with E-state index >= 15 is 0 Å². The van der Waals surface area contributed by atoms with E-state index in [0.717, 1.165) is 5.56 Å². The molecule has 0 radical (unpaired) electrons. The van der Waals surface area contributed by atoms with Crippen LogP contribution in [0.5, 0.6) is 5.75 Å². The average Bonchev–Trinajstić information content (AvgIpc) is 2.68. The van der Waals surface area contributed by atoms with Crippen LogP contribution >= 0.6 is 0 Å². The molecule has 2 aromatic carbocycles. The van der Waals surface area contributed by atoms with E-state index in [1.807, 2.05) is 30.3 Å². The van der Waals surface area contributed by atoms with Gasteiger partial charge in [0.1, 0.15) is 11.8 Å². The van der Waals surface area contributed by atoms with Gasteiger partial charge in [-0.3, -0.25) is 4.79 Å². The summed E-state index contributed by atoms with van der Waals surface area (Å²) in [5.74, 6) is 0.187. The first-order valence-electron chi connectivity index (χ1n) is 8.85. The molecule has 1 amide bonds. The van der Waals surface area contributed by atoms with E-state index in [0.29, 0.717) is 24.5 Å². The molecule has 2 rings (SSSR count). The normalized spacial score (nSPS) is 12.4. The number of ether oxygens (including phenoxy) is 2. The van der Waals surface area contributed by atoms with Gasteiger partial charge in [-0.25, -0.2) is 8.42 Å². The minimum Gasteiger partial charge on any atom is -0.496 e. The third-order valence-corrected chi connectivity index (χ3v) is 5.65. The molecule has 0 spiro atoms. The minimum absolute atomic E-state index is 0.0774. The SMILES string of the molecule is COCCNC(=O)[C@@H](Cc1ccccc1)NS(=O)(=O)c1ccc(OC)c(C)c1. The van der Waals surface area contributed by atoms with Gasteiger partial charge in [0.25, 0.3) is 0 Å². The summed E-state index contributed by atoms with van der Waals surface area (Å²) in [6.45, 7) is 2.40. The van der Waals surface area contributed by atoms with Crippen LogP contribution in [0.2, 0.25) is 0 Å².